The summed E-state index contributed by atoms with van der Waals surface area (Å²) in [5.74, 6) is 12.2. The van der Waals surface area contributed by atoms with Gasteiger partial charge in [0.2, 0.25) is 0 Å². The first kappa shape index (κ1) is 17.4. The van der Waals surface area contributed by atoms with Crippen molar-refractivity contribution >= 4 is 10.8 Å². The van der Waals surface area contributed by atoms with Crippen LogP contribution < -0.4 is 0 Å². The second-order valence-corrected chi connectivity index (χ2v) is 6.14. The Bertz CT molecular complexity index is 1060. The molecular formula is C26H20. The van der Waals surface area contributed by atoms with Crippen molar-refractivity contribution in [2.45, 2.75) is 25.7 Å². The molecule has 0 nitrogen and oxygen atoms in total. The summed E-state index contributed by atoms with van der Waals surface area (Å²) in [5, 5.41) is 2.37. The third kappa shape index (κ3) is 3.98. The van der Waals surface area contributed by atoms with E-state index in [1.54, 1.807) is 0 Å². The summed E-state index contributed by atoms with van der Waals surface area (Å²) in [6.07, 6.45) is 14.0. The van der Waals surface area contributed by atoms with Crippen LogP contribution in [0.25, 0.3) is 10.8 Å². The fraction of sp³-hybridized carbons (Fsp3) is 0.154. The molecule has 0 saturated carbocycles. The highest BCUT2D eigenvalue weighted by atomic mass is 14.1. The molecule has 0 atom stereocenters. The molecule has 0 saturated heterocycles. The van der Waals surface area contributed by atoms with Gasteiger partial charge >= 0.3 is 0 Å². The van der Waals surface area contributed by atoms with Crippen LogP contribution in [0.3, 0.4) is 0 Å². The maximum absolute atomic E-state index is 5.47. The Morgan fingerprint density at radius 3 is 2.15 bits per heavy atom. The van der Waals surface area contributed by atoms with Gasteiger partial charge in [-0.3, -0.25) is 0 Å². The minimum Gasteiger partial charge on any atom is -0.120 e. The van der Waals surface area contributed by atoms with Crippen LogP contribution in [0, 0.1) is 36.5 Å². The molecule has 0 unspecified atom stereocenters. The Hall–Kier alpha value is -3.40. The molecule has 0 aliphatic rings. The lowest BCUT2D eigenvalue weighted by atomic mass is 9.95. The van der Waals surface area contributed by atoms with Gasteiger partial charge in [-0.1, -0.05) is 66.4 Å². The van der Waals surface area contributed by atoms with Crippen molar-refractivity contribution in [3.8, 4) is 36.5 Å². The summed E-state index contributed by atoms with van der Waals surface area (Å²) in [5.41, 5.74) is 4.52. The van der Waals surface area contributed by atoms with Gasteiger partial charge in [-0.25, -0.2) is 0 Å². The van der Waals surface area contributed by atoms with Crippen molar-refractivity contribution in [3.63, 3.8) is 0 Å². The fourth-order valence-electron chi connectivity index (χ4n) is 3.08. The van der Waals surface area contributed by atoms with Crippen LogP contribution in [-0.4, -0.2) is 0 Å². The highest BCUT2D eigenvalue weighted by molar-refractivity contribution is 5.89. The van der Waals surface area contributed by atoms with Gasteiger partial charge in [0.25, 0.3) is 0 Å². The quantitative estimate of drug-likeness (QED) is 0.563. The molecule has 26 heavy (non-hydrogen) atoms. The lowest BCUT2D eigenvalue weighted by molar-refractivity contribution is 1.02. The van der Waals surface area contributed by atoms with E-state index in [4.69, 9.17) is 12.8 Å². The predicted octanol–water partition coefficient (Wildman–Crippen LogP) is 5.37. The number of aryl methyl sites for hydroxylation is 2. The van der Waals surface area contributed by atoms with Gasteiger partial charge in [0.05, 0.1) is 0 Å². The second kappa shape index (κ2) is 8.62. The van der Waals surface area contributed by atoms with E-state index in [0.29, 0.717) is 6.42 Å². The van der Waals surface area contributed by atoms with Crippen LogP contribution in [0.2, 0.25) is 0 Å². The molecule has 0 radical (unpaired) electrons. The zero-order valence-corrected chi connectivity index (χ0v) is 14.8. The molecule has 3 aromatic rings. The number of benzene rings is 3. The highest BCUT2D eigenvalue weighted by Gasteiger charge is 2.05. The van der Waals surface area contributed by atoms with Crippen LogP contribution in [0.4, 0.5) is 0 Å². The minimum absolute atomic E-state index is 0.714. The van der Waals surface area contributed by atoms with Crippen molar-refractivity contribution in [2.24, 2.45) is 0 Å². The Labute approximate surface area is 156 Å². The average Bonchev–Trinajstić information content (AvgIpc) is 2.69. The van der Waals surface area contributed by atoms with Gasteiger partial charge in [-0.15, -0.1) is 24.7 Å². The Kier molecular flexibility index (Phi) is 5.78. The van der Waals surface area contributed by atoms with Gasteiger partial charge in [0, 0.05) is 24.0 Å². The number of fused-ring (bicyclic) bond motifs is 1. The first-order chi connectivity index (χ1) is 12.8. The summed E-state index contributed by atoms with van der Waals surface area (Å²) in [4.78, 5) is 0. The van der Waals surface area contributed by atoms with E-state index in [-0.39, 0.29) is 0 Å². The van der Waals surface area contributed by atoms with Gasteiger partial charge in [-0.2, -0.15) is 0 Å². The number of hydrogen-bond donors (Lipinski definition) is 0. The van der Waals surface area contributed by atoms with Crippen LogP contribution >= 0.6 is 0 Å². The standard InChI is InChI=1S/C26H20/c1-3-5-11-21-13-7-8-14-22(21)19-20-26-23(12-6-4-2)17-18-24-15-9-10-16-25(24)26/h1-2,7-10,13-18H,5-6,11-12H2. The smallest absolute Gasteiger partial charge is 0.0359 e. The summed E-state index contributed by atoms with van der Waals surface area (Å²) >= 11 is 0. The monoisotopic (exact) mass is 332 g/mol. The SMILES string of the molecule is C#CCCc1ccccc1C#Cc1c(CCC#C)ccc2ccccc12. The molecule has 0 heteroatoms. The fourth-order valence-corrected chi connectivity index (χ4v) is 3.08. The lowest BCUT2D eigenvalue weighted by Gasteiger charge is -2.08. The lowest BCUT2D eigenvalue weighted by Crippen LogP contribution is -1.93. The van der Waals surface area contributed by atoms with Crippen molar-refractivity contribution < 1.29 is 0 Å². The summed E-state index contributed by atoms with van der Waals surface area (Å²) < 4.78 is 0. The summed E-state index contributed by atoms with van der Waals surface area (Å²) in [7, 11) is 0. The summed E-state index contributed by atoms with van der Waals surface area (Å²) in [6.45, 7) is 0. The number of terminal acetylenes is 2. The Morgan fingerprint density at radius 2 is 1.35 bits per heavy atom. The van der Waals surface area contributed by atoms with Crippen molar-refractivity contribution in [2.75, 3.05) is 0 Å². The zero-order chi connectivity index (χ0) is 18.2. The predicted molar refractivity (Wildman–Crippen MR) is 111 cm³/mol. The van der Waals surface area contributed by atoms with Crippen LogP contribution in [-0.2, 0) is 12.8 Å². The molecule has 0 fully saturated rings. The molecule has 3 aromatic carbocycles. The molecule has 0 bridgehead atoms. The third-order valence-electron chi connectivity index (χ3n) is 4.43. The van der Waals surface area contributed by atoms with Crippen LogP contribution in [0.1, 0.15) is 35.1 Å². The topological polar surface area (TPSA) is 0 Å². The molecule has 0 N–H and O–H groups in total. The van der Waals surface area contributed by atoms with Crippen molar-refractivity contribution in [3.05, 3.63) is 82.9 Å². The third-order valence-corrected chi connectivity index (χ3v) is 4.43. The zero-order valence-electron chi connectivity index (χ0n) is 14.8. The second-order valence-electron chi connectivity index (χ2n) is 6.14. The minimum atomic E-state index is 0.714. The van der Waals surface area contributed by atoms with Crippen LogP contribution in [0.15, 0.2) is 60.7 Å². The van der Waals surface area contributed by atoms with E-state index < -0.39 is 0 Å². The van der Waals surface area contributed by atoms with E-state index in [1.807, 2.05) is 12.1 Å². The average molecular weight is 332 g/mol. The van der Waals surface area contributed by atoms with E-state index in [2.05, 4.69) is 72.2 Å². The van der Waals surface area contributed by atoms with Crippen molar-refractivity contribution in [1.82, 2.24) is 0 Å². The van der Waals surface area contributed by atoms with E-state index in [9.17, 15) is 0 Å². The Morgan fingerprint density at radius 1 is 0.654 bits per heavy atom. The van der Waals surface area contributed by atoms with E-state index in [1.165, 1.54) is 21.9 Å². The molecule has 0 aliphatic heterocycles. The normalized spacial score (nSPS) is 9.77. The Balaban J connectivity index is 2.08. The molecule has 0 aliphatic carbocycles. The van der Waals surface area contributed by atoms with Crippen LogP contribution in [0.5, 0.6) is 0 Å². The van der Waals surface area contributed by atoms with E-state index in [0.717, 1.165) is 30.4 Å². The molecular weight excluding hydrogens is 312 g/mol. The summed E-state index contributed by atoms with van der Waals surface area (Å²) in [6, 6.07) is 20.9. The molecule has 0 amide bonds. The van der Waals surface area contributed by atoms with Crippen molar-refractivity contribution in [1.29, 1.82) is 0 Å². The molecule has 0 aromatic heterocycles. The van der Waals surface area contributed by atoms with E-state index >= 15 is 0 Å². The van der Waals surface area contributed by atoms with Gasteiger partial charge in [-0.05, 0) is 40.8 Å². The molecule has 3 rings (SSSR count). The number of hydrogen-bond acceptors (Lipinski definition) is 0. The maximum atomic E-state index is 5.47. The number of rotatable bonds is 4. The first-order valence-corrected chi connectivity index (χ1v) is 8.81. The first-order valence-electron chi connectivity index (χ1n) is 8.81. The van der Waals surface area contributed by atoms with Gasteiger partial charge in [0.1, 0.15) is 0 Å². The van der Waals surface area contributed by atoms with Gasteiger partial charge in [0.15, 0.2) is 0 Å². The molecule has 124 valence electrons. The molecule has 0 heterocycles. The maximum Gasteiger partial charge on any atom is 0.0359 e. The molecule has 0 spiro atoms. The largest absolute Gasteiger partial charge is 0.120 e. The highest BCUT2D eigenvalue weighted by Crippen LogP contribution is 2.23. The van der Waals surface area contributed by atoms with Gasteiger partial charge < -0.3 is 0 Å².